The van der Waals surface area contributed by atoms with Crippen molar-refractivity contribution in [3.05, 3.63) is 0 Å². The first-order valence-electron chi connectivity index (χ1n) is 1.91. The molecule has 1 unspecified atom stereocenters. The van der Waals surface area contributed by atoms with E-state index in [9.17, 15) is 4.21 Å². The van der Waals surface area contributed by atoms with Gasteiger partial charge < -0.3 is 0 Å². The predicted molar refractivity (Wildman–Crippen MR) is 37.3 cm³/mol. The SMILES string of the molecule is Cl.O=S1CCCS1. The smallest absolute Gasteiger partial charge is 0.0804 e. The summed E-state index contributed by atoms with van der Waals surface area (Å²) in [4.78, 5) is 0. The van der Waals surface area contributed by atoms with Gasteiger partial charge >= 0.3 is 0 Å². The highest BCUT2D eigenvalue weighted by molar-refractivity contribution is 8.69. The van der Waals surface area contributed by atoms with Crippen LogP contribution in [-0.4, -0.2) is 15.7 Å². The fraction of sp³-hybridized carbons (Fsp3) is 1.00. The summed E-state index contributed by atoms with van der Waals surface area (Å²) >= 11 is 0. The maximum absolute atomic E-state index is 10.3. The first-order valence-corrected chi connectivity index (χ1v) is 4.73. The summed E-state index contributed by atoms with van der Waals surface area (Å²) in [5.41, 5.74) is 0. The average Bonchev–Trinajstić information content (AvgIpc) is 1.86. The Morgan fingerprint density at radius 1 is 1.57 bits per heavy atom. The Morgan fingerprint density at radius 2 is 2.29 bits per heavy atom. The molecule has 0 aliphatic carbocycles. The third kappa shape index (κ3) is 2.57. The second kappa shape index (κ2) is 3.75. The van der Waals surface area contributed by atoms with Gasteiger partial charge in [0.15, 0.2) is 0 Å². The molecule has 0 saturated carbocycles. The highest BCUT2D eigenvalue weighted by Gasteiger charge is 2.06. The van der Waals surface area contributed by atoms with Crippen molar-refractivity contribution in [2.45, 2.75) is 6.42 Å². The van der Waals surface area contributed by atoms with Crippen LogP contribution in [0.15, 0.2) is 0 Å². The van der Waals surface area contributed by atoms with Gasteiger partial charge in [0.25, 0.3) is 0 Å². The summed E-state index contributed by atoms with van der Waals surface area (Å²) in [6, 6.07) is 0. The maximum atomic E-state index is 10.3. The molecule has 44 valence electrons. The molecule has 0 N–H and O–H groups in total. The summed E-state index contributed by atoms with van der Waals surface area (Å²) < 4.78 is 10.3. The second-order valence-electron chi connectivity index (χ2n) is 1.18. The fourth-order valence-electron chi connectivity index (χ4n) is 0.388. The minimum Gasteiger partial charge on any atom is -0.248 e. The van der Waals surface area contributed by atoms with E-state index in [4.69, 9.17) is 0 Å². The van der Waals surface area contributed by atoms with Gasteiger partial charge in [0.05, 0.1) is 9.83 Å². The lowest BCUT2D eigenvalue weighted by atomic mass is 10.6. The van der Waals surface area contributed by atoms with E-state index >= 15 is 0 Å². The van der Waals surface area contributed by atoms with Crippen LogP contribution in [0.1, 0.15) is 6.42 Å². The van der Waals surface area contributed by atoms with Crippen molar-refractivity contribution < 1.29 is 4.21 Å². The second-order valence-corrected chi connectivity index (χ2v) is 4.67. The molecule has 0 aromatic heterocycles. The molecule has 1 atom stereocenters. The normalized spacial score (nSPS) is 29.4. The van der Waals surface area contributed by atoms with Crippen LogP contribution in [-0.2, 0) is 9.83 Å². The standard InChI is InChI=1S/C3H6OS2.ClH/c4-6-3-1-2-5-6;/h1-3H2;1H. The van der Waals surface area contributed by atoms with Crippen LogP contribution in [0.2, 0.25) is 0 Å². The van der Waals surface area contributed by atoms with Gasteiger partial charge in [-0.3, -0.25) is 0 Å². The molecule has 1 aliphatic rings. The Labute approximate surface area is 55.5 Å². The Kier molecular flexibility index (Phi) is 4.17. The third-order valence-corrected chi connectivity index (χ3v) is 3.80. The zero-order valence-corrected chi connectivity index (χ0v) is 6.20. The Balaban J connectivity index is 0.000000360. The van der Waals surface area contributed by atoms with E-state index in [0.717, 1.165) is 17.9 Å². The van der Waals surface area contributed by atoms with E-state index in [0.29, 0.717) is 0 Å². The minimum atomic E-state index is -0.506. The number of rotatable bonds is 0. The van der Waals surface area contributed by atoms with Crippen LogP contribution < -0.4 is 0 Å². The minimum absolute atomic E-state index is 0. The molecule has 0 spiro atoms. The fourth-order valence-corrected chi connectivity index (χ4v) is 3.13. The molecule has 1 aliphatic heterocycles. The lowest BCUT2D eigenvalue weighted by Gasteiger charge is -1.74. The first-order chi connectivity index (χ1) is 2.89. The van der Waals surface area contributed by atoms with Gasteiger partial charge in [-0.15, -0.1) is 12.4 Å². The lowest BCUT2D eigenvalue weighted by Crippen LogP contribution is -1.76. The van der Waals surface area contributed by atoms with E-state index in [-0.39, 0.29) is 12.4 Å². The number of halogens is 1. The van der Waals surface area contributed by atoms with Gasteiger partial charge in [0.2, 0.25) is 0 Å². The number of hydrogen-bond acceptors (Lipinski definition) is 2. The van der Waals surface area contributed by atoms with Crippen LogP contribution in [0, 0.1) is 0 Å². The lowest BCUT2D eigenvalue weighted by molar-refractivity contribution is 0.692. The molecule has 0 aromatic carbocycles. The molecule has 4 heteroatoms. The monoisotopic (exact) mass is 158 g/mol. The van der Waals surface area contributed by atoms with Crippen LogP contribution in [0.4, 0.5) is 0 Å². The van der Waals surface area contributed by atoms with Crippen molar-refractivity contribution in [3.63, 3.8) is 0 Å². The van der Waals surface area contributed by atoms with Crippen molar-refractivity contribution in [2.75, 3.05) is 11.5 Å². The molecule has 0 aromatic rings. The van der Waals surface area contributed by atoms with Crippen molar-refractivity contribution in [1.82, 2.24) is 0 Å². The van der Waals surface area contributed by atoms with Crippen molar-refractivity contribution in [3.8, 4) is 0 Å². The topological polar surface area (TPSA) is 17.1 Å². The molecule has 1 fully saturated rings. The van der Waals surface area contributed by atoms with Crippen molar-refractivity contribution in [1.29, 1.82) is 0 Å². The van der Waals surface area contributed by atoms with Gasteiger partial charge in [-0.05, 0) is 6.42 Å². The first kappa shape index (κ1) is 7.79. The van der Waals surface area contributed by atoms with Crippen molar-refractivity contribution >= 4 is 33.0 Å². The zero-order chi connectivity index (χ0) is 4.41. The molecule has 1 saturated heterocycles. The Bertz CT molecular complexity index is 67.3. The summed E-state index contributed by atoms with van der Waals surface area (Å²) in [6.45, 7) is 0. The van der Waals surface area contributed by atoms with Crippen LogP contribution in [0.3, 0.4) is 0 Å². The van der Waals surface area contributed by atoms with E-state index in [1.54, 1.807) is 10.8 Å². The van der Waals surface area contributed by atoms with Crippen LogP contribution in [0.5, 0.6) is 0 Å². The van der Waals surface area contributed by atoms with Crippen molar-refractivity contribution in [2.24, 2.45) is 0 Å². The molecular formula is C3H7ClOS2. The predicted octanol–water partition coefficient (Wildman–Crippen LogP) is 1.21. The van der Waals surface area contributed by atoms with Gasteiger partial charge in [-0.25, -0.2) is 4.21 Å². The zero-order valence-electron chi connectivity index (χ0n) is 3.75. The molecule has 1 nitrogen and oxygen atoms in total. The van der Waals surface area contributed by atoms with E-state index < -0.39 is 9.83 Å². The molecule has 1 rings (SSSR count). The van der Waals surface area contributed by atoms with Crippen LogP contribution >= 0.6 is 23.2 Å². The molecule has 0 bridgehead atoms. The Morgan fingerprint density at radius 3 is 2.43 bits per heavy atom. The summed E-state index contributed by atoms with van der Waals surface area (Å²) in [5, 5.41) is 0. The van der Waals surface area contributed by atoms with Crippen LogP contribution in [0.25, 0.3) is 0 Å². The van der Waals surface area contributed by atoms with Gasteiger partial charge in [0, 0.05) is 11.5 Å². The molecule has 7 heavy (non-hydrogen) atoms. The highest BCUT2D eigenvalue weighted by atomic mass is 35.5. The molecule has 0 amide bonds. The molecular weight excluding hydrogens is 152 g/mol. The van der Waals surface area contributed by atoms with E-state index in [1.165, 1.54) is 0 Å². The highest BCUT2D eigenvalue weighted by Crippen LogP contribution is 2.17. The van der Waals surface area contributed by atoms with E-state index in [2.05, 4.69) is 0 Å². The maximum Gasteiger partial charge on any atom is 0.0804 e. The summed E-state index contributed by atoms with van der Waals surface area (Å²) in [6.07, 6.45) is 1.15. The molecule has 1 heterocycles. The van der Waals surface area contributed by atoms with Gasteiger partial charge in [-0.1, -0.05) is 10.8 Å². The number of hydrogen-bond donors (Lipinski definition) is 0. The quantitative estimate of drug-likeness (QED) is 0.493. The molecule has 0 radical (unpaired) electrons. The summed E-state index contributed by atoms with van der Waals surface area (Å²) in [7, 11) is 1.06. The van der Waals surface area contributed by atoms with E-state index in [1.807, 2.05) is 0 Å². The Hall–Kier alpha value is 0.790. The van der Waals surface area contributed by atoms with Gasteiger partial charge in [-0.2, -0.15) is 0 Å². The third-order valence-electron chi connectivity index (χ3n) is 0.670. The summed E-state index contributed by atoms with van der Waals surface area (Å²) in [5.74, 6) is 2.03. The van der Waals surface area contributed by atoms with Gasteiger partial charge in [0.1, 0.15) is 0 Å². The largest absolute Gasteiger partial charge is 0.248 e. The average molecular weight is 159 g/mol.